The zero-order valence-electron chi connectivity index (χ0n) is 9.79. The number of halogens is 1. The molecule has 88 valence electrons. The van der Waals surface area contributed by atoms with Crippen LogP contribution in [0.4, 0.5) is 0 Å². The Morgan fingerprint density at radius 3 is 2.69 bits per heavy atom. The van der Waals surface area contributed by atoms with E-state index in [2.05, 4.69) is 15.9 Å². The fourth-order valence-corrected chi connectivity index (χ4v) is 1.83. The van der Waals surface area contributed by atoms with Gasteiger partial charge < -0.3 is 4.74 Å². The molecular weight excluding hydrogens is 270 g/mol. The van der Waals surface area contributed by atoms with E-state index >= 15 is 0 Å². The number of rotatable bonds is 5. The third-order valence-corrected chi connectivity index (χ3v) is 3.05. The third-order valence-electron chi connectivity index (χ3n) is 2.43. The first-order valence-electron chi connectivity index (χ1n) is 5.13. The molecule has 0 radical (unpaired) electrons. The van der Waals surface area contributed by atoms with Gasteiger partial charge in [-0.3, -0.25) is 9.69 Å². The zero-order valence-corrected chi connectivity index (χ0v) is 11.4. The van der Waals surface area contributed by atoms with Crippen LogP contribution in [0.5, 0.6) is 5.75 Å². The van der Waals surface area contributed by atoms with Gasteiger partial charge >= 0.3 is 0 Å². The summed E-state index contributed by atoms with van der Waals surface area (Å²) in [5, 5.41) is 0. The molecule has 3 nitrogen and oxygen atoms in total. The summed E-state index contributed by atoms with van der Waals surface area (Å²) in [7, 11) is 3.53. The van der Waals surface area contributed by atoms with Crippen LogP contribution in [-0.4, -0.2) is 37.9 Å². The van der Waals surface area contributed by atoms with Crippen molar-refractivity contribution in [2.45, 2.75) is 6.92 Å². The van der Waals surface area contributed by atoms with Crippen LogP contribution in [0, 0.1) is 0 Å². The van der Waals surface area contributed by atoms with E-state index in [1.54, 1.807) is 25.3 Å². The van der Waals surface area contributed by atoms with Gasteiger partial charge in [0.2, 0.25) is 0 Å². The average Bonchev–Trinajstić information content (AvgIpc) is 2.28. The number of ketones is 1. The third kappa shape index (κ3) is 3.32. The molecule has 1 aromatic carbocycles. The Balaban J connectivity index is 2.81. The fraction of sp³-hybridized carbons (Fsp3) is 0.417. The van der Waals surface area contributed by atoms with Crippen molar-refractivity contribution in [3.63, 3.8) is 0 Å². The average molecular weight is 286 g/mol. The van der Waals surface area contributed by atoms with E-state index in [4.69, 9.17) is 4.74 Å². The summed E-state index contributed by atoms with van der Waals surface area (Å²) in [6.07, 6.45) is 0. The molecule has 1 rings (SSSR count). The maximum absolute atomic E-state index is 11.9. The van der Waals surface area contributed by atoms with Crippen LogP contribution in [0.2, 0.25) is 0 Å². The Bertz CT molecular complexity index is 379. The van der Waals surface area contributed by atoms with E-state index in [1.165, 1.54) is 0 Å². The molecule has 0 aliphatic rings. The lowest BCUT2D eigenvalue weighted by Gasteiger charge is -2.13. The minimum atomic E-state index is 0.118. The summed E-state index contributed by atoms with van der Waals surface area (Å²) in [4.78, 5) is 13.8. The first kappa shape index (κ1) is 13.2. The van der Waals surface area contributed by atoms with Crippen LogP contribution in [0.3, 0.4) is 0 Å². The lowest BCUT2D eigenvalue weighted by molar-refractivity contribution is 0.0949. The molecule has 0 bridgehead atoms. The van der Waals surface area contributed by atoms with Gasteiger partial charge in [-0.05, 0) is 47.7 Å². The first-order valence-corrected chi connectivity index (χ1v) is 5.93. The van der Waals surface area contributed by atoms with E-state index < -0.39 is 0 Å². The van der Waals surface area contributed by atoms with Gasteiger partial charge in [-0.25, -0.2) is 0 Å². The van der Waals surface area contributed by atoms with E-state index in [0.29, 0.717) is 12.1 Å². The van der Waals surface area contributed by atoms with E-state index in [-0.39, 0.29) is 5.78 Å². The molecule has 0 spiro atoms. The second kappa shape index (κ2) is 6.01. The van der Waals surface area contributed by atoms with Crippen molar-refractivity contribution in [2.75, 3.05) is 27.2 Å². The zero-order chi connectivity index (χ0) is 12.1. The normalized spacial score (nSPS) is 10.6. The molecule has 0 fully saturated rings. The summed E-state index contributed by atoms with van der Waals surface area (Å²) < 4.78 is 5.92. The van der Waals surface area contributed by atoms with Crippen molar-refractivity contribution in [3.05, 3.63) is 28.2 Å². The molecule has 0 unspecified atom stereocenters. The summed E-state index contributed by atoms with van der Waals surface area (Å²) in [6.45, 7) is 3.33. The Kier molecular flexibility index (Phi) is 4.96. The molecule has 0 heterocycles. The summed E-state index contributed by atoms with van der Waals surface area (Å²) in [6, 6.07) is 5.38. The van der Waals surface area contributed by atoms with Gasteiger partial charge in [0.25, 0.3) is 0 Å². The maximum Gasteiger partial charge on any atom is 0.176 e. The predicted molar refractivity (Wildman–Crippen MR) is 68.2 cm³/mol. The number of methoxy groups -OCH3 is 1. The van der Waals surface area contributed by atoms with Crippen LogP contribution in [0.15, 0.2) is 22.7 Å². The van der Waals surface area contributed by atoms with Gasteiger partial charge in [-0.2, -0.15) is 0 Å². The number of benzene rings is 1. The number of carbonyl (C=O) groups is 1. The topological polar surface area (TPSA) is 29.5 Å². The predicted octanol–water partition coefficient (Wildman–Crippen LogP) is 2.59. The van der Waals surface area contributed by atoms with Crippen LogP contribution in [-0.2, 0) is 0 Å². The molecule has 0 saturated heterocycles. The lowest BCUT2D eigenvalue weighted by atomic mass is 10.1. The standard InChI is InChI=1S/C12H16BrNO2/c1-4-14(2)8-11(15)9-5-6-12(16-3)10(13)7-9/h5-7H,4,8H2,1-3H3. The molecular formula is C12H16BrNO2. The molecule has 0 amide bonds. The summed E-state index contributed by atoms with van der Waals surface area (Å²) in [5.41, 5.74) is 0.702. The minimum absolute atomic E-state index is 0.118. The minimum Gasteiger partial charge on any atom is -0.496 e. The number of likely N-dealkylation sites (N-methyl/N-ethyl adjacent to an activating group) is 1. The highest BCUT2D eigenvalue weighted by Gasteiger charge is 2.10. The molecule has 0 saturated carbocycles. The smallest absolute Gasteiger partial charge is 0.176 e. The van der Waals surface area contributed by atoms with Gasteiger partial charge in [-0.15, -0.1) is 0 Å². The van der Waals surface area contributed by atoms with E-state index in [9.17, 15) is 4.79 Å². The number of hydrogen-bond donors (Lipinski definition) is 0. The Morgan fingerprint density at radius 1 is 1.50 bits per heavy atom. The second-order valence-electron chi connectivity index (χ2n) is 3.60. The number of ether oxygens (including phenoxy) is 1. The number of nitrogens with zero attached hydrogens (tertiary/aromatic N) is 1. The van der Waals surface area contributed by atoms with Gasteiger partial charge in [-0.1, -0.05) is 6.92 Å². The van der Waals surface area contributed by atoms with Crippen molar-refractivity contribution in [2.24, 2.45) is 0 Å². The molecule has 16 heavy (non-hydrogen) atoms. The van der Waals surface area contributed by atoms with Crippen molar-refractivity contribution in [1.82, 2.24) is 4.90 Å². The first-order chi connectivity index (χ1) is 7.58. The van der Waals surface area contributed by atoms with Crippen LogP contribution < -0.4 is 4.74 Å². The van der Waals surface area contributed by atoms with E-state index in [1.807, 2.05) is 18.9 Å². The molecule has 0 atom stereocenters. The molecule has 1 aromatic rings. The molecule has 0 N–H and O–H groups in total. The fourth-order valence-electron chi connectivity index (χ4n) is 1.29. The van der Waals surface area contributed by atoms with Crippen LogP contribution in [0.1, 0.15) is 17.3 Å². The highest BCUT2D eigenvalue weighted by molar-refractivity contribution is 9.10. The quantitative estimate of drug-likeness (QED) is 0.779. The Hall–Kier alpha value is -0.870. The van der Waals surface area contributed by atoms with Gasteiger partial charge in [0.05, 0.1) is 18.1 Å². The summed E-state index contributed by atoms with van der Waals surface area (Å²) in [5.74, 6) is 0.855. The largest absolute Gasteiger partial charge is 0.496 e. The van der Waals surface area contributed by atoms with Crippen molar-refractivity contribution in [3.8, 4) is 5.75 Å². The highest BCUT2D eigenvalue weighted by Crippen LogP contribution is 2.25. The Morgan fingerprint density at radius 2 is 2.19 bits per heavy atom. The van der Waals surface area contributed by atoms with Crippen molar-refractivity contribution >= 4 is 21.7 Å². The van der Waals surface area contributed by atoms with Gasteiger partial charge in [0.15, 0.2) is 5.78 Å². The van der Waals surface area contributed by atoms with Crippen molar-refractivity contribution < 1.29 is 9.53 Å². The van der Waals surface area contributed by atoms with Crippen molar-refractivity contribution in [1.29, 1.82) is 0 Å². The van der Waals surface area contributed by atoms with E-state index in [0.717, 1.165) is 16.8 Å². The highest BCUT2D eigenvalue weighted by atomic mass is 79.9. The maximum atomic E-state index is 11.9. The molecule has 0 aromatic heterocycles. The number of Topliss-reactive ketones (excluding diaryl/α,β-unsaturated/α-hetero) is 1. The van der Waals surface area contributed by atoms with Gasteiger partial charge in [0, 0.05) is 5.56 Å². The molecule has 4 heteroatoms. The Labute approximate surface area is 105 Å². The number of hydrogen-bond acceptors (Lipinski definition) is 3. The summed E-state index contributed by atoms with van der Waals surface area (Å²) >= 11 is 3.37. The molecule has 0 aliphatic heterocycles. The monoisotopic (exact) mass is 285 g/mol. The van der Waals surface area contributed by atoms with Gasteiger partial charge in [0.1, 0.15) is 5.75 Å². The van der Waals surface area contributed by atoms with Crippen LogP contribution >= 0.6 is 15.9 Å². The SMILES string of the molecule is CCN(C)CC(=O)c1ccc(OC)c(Br)c1. The lowest BCUT2D eigenvalue weighted by Crippen LogP contribution is -2.25. The second-order valence-corrected chi connectivity index (χ2v) is 4.46. The molecule has 0 aliphatic carbocycles. The van der Waals surface area contributed by atoms with Crippen LogP contribution in [0.25, 0.3) is 0 Å². The number of carbonyl (C=O) groups excluding carboxylic acids is 1.